The first-order chi connectivity index (χ1) is 9.87. The van der Waals surface area contributed by atoms with E-state index < -0.39 is 16.0 Å². The molecule has 0 radical (unpaired) electrons. The Morgan fingerprint density at radius 2 is 2.09 bits per heavy atom. The number of ether oxygens (including phenoxy) is 1. The van der Waals surface area contributed by atoms with Crippen molar-refractivity contribution >= 4 is 28.4 Å². The van der Waals surface area contributed by atoms with Gasteiger partial charge in [0, 0.05) is 25.7 Å². The van der Waals surface area contributed by atoms with Gasteiger partial charge in [-0.15, -0.1) is 12.4 Å². The molecule has 1 aliphatic rings. The van der Waals surface area contributed by atoms with Gasteiger partial charge in [-0.2, -0.15) is 4.31 Å². The van der Waals surface area contributed by atoms with Crippen LogP contribution in [-0.2, 0) is 14.8 Å². The van der Waals surface area contributed by atoms with Crippen LogP contribution in [0.15, 0.2) is 23.1 Å². The van der Waals surface area contributed by atoms with E-state index >= 15 is 0 Å². The van der Waals surface area contributed by atoms with Gasteiger partial charge >= 0.3 is 5.97 Å². The fourth-order valence-electron chi connectivity index (χ4n) is 2.41. The van der Waals surface area contributed by atoms with E-state index in [2.05, 4.69) is 5.32 Å². The van der Waals surface area contributed by atoms with Crippen molar-refractivity contribution in [2.24, 2.45) is 0 Å². The number of nitrogens with one attached hydrogen (secondary N) is 1. The minimum atomic E-state index is -3.61. The molecular weight excluding hydrogens is 328 g/mol. The molecule has 0 aromatic heterocycles. The van der Waals surface area contributed by atoms with Crippen molar-refractivity contribution in [3.05, 3.63) is 29.3 Å². The van der Waals surface area contributed by atoms with Gasteiger partial charge in [0.1, 0.15) is 0 Å². The van der Waals surface area contributed by atoms with Crippen LogP contribution in [0.1, 0.15) is 22.8 Å². The lowest BCUT2D eigenvalue weighted by molar-refractivity contribution is 0.0599. The van der Waals surface area contributed by atoms with Gasteiger partial charge in [0.2, 0.25) is 10.0 Å². The SMILES string of the molecule is COC(=O)c1cc(S(=O)(=O)N2CCNCC2C)ccc1C.Cl. The van der Waals surface area contributed by atoms with Crippen molar-refractivity contribution in [2.75, 3.05) is 26.7 Å². The van der Waals surface area contributed by atoms with Gasteiger partial charge in [-0.25, -0.2) is 13.2 Å². The zero-order valence-corrected chi connectivity index (χ0v) is 14.5. The van der Waals surface area contributed by atoms with Gasteiger partial charge in [0.25, 0.3) is 0 Å². The van der Waals surface area contributed by atoms with Gasteiger partial charge in [0.05, 0.1) is 17.6 Å². The number of aryl methyl sites for hydroxylation is 1. The molecule has 22 heavy (non-hydrogen) atoms. The smallest absolute Gasteiger partial charge is 0.338 e. The van der Waals surface area contributed by atoms with Crippen molar-refractivity contribution in [2.45, 2.75) is 24.8 Å². The number of rotatable bonds is 3. The molecule has 0 saturated carbocycles. The predicted molar refractivity (Wildman–Crippen MR) is 86.0 cm³/mol. The van der Waals surface area contributed by atoms with E-state index in [1.807, 2.05) is 6.92 Å². The number of halogens is 1. The maximum Gasteiger partial charge on any atom is 0.338 e. The Labute approximate surface area is 137 Å². The number of sulfonamides is 1. The standard InChI is InChI=1S/C14H20N2O4S.ClH/c1-10-4-5-12(8-13(10)14(17)20-3)21(18,19)16-7-6-15-9-11(16)2;/h4-5,8,11,15H,6-7,9H2,1-3H3;1H. The fourth-order valence-corrected chi connectivity index (χ4v) is 4.06. The molecule has 1 aromatic carbocycles. The van der Waals surface area contributed by atoms with Crippen molar-refractivity contribution in [1.82, 2.24) is 9.62 Å². The number of nitrogens with zero attached hydrogens (tertiary/aromatic N) is 1. The fraction of sp³-hybridized carbons (Fsp3) is 0.500. The number of methoxy groups -OCH3 is 1. The molecule has 0 spiro atoms. The second kappa shape index (κ2) is 7.41. The van der Waals surface area contributed by atoms with E-state index in [-0.39, 0.29) is 28.9 Å². The minimum Gasteiger partial charge on any atom is -0.465 e. The lowest BCUT2D eigenvalue weighted by Crippen LogP contribution is -2.52. The van der Waals surface area contributed by atoms with Crippen LogP contribution < -0.4 is 5.32 Å². The van der Waals surface area contributed by atoms with Gasteiger partial charge in [-0.1, -0.05) is 6.07 Å². The average molecular weight is 349 g/mol. The topological polar surface area (TPSA) is 75.7 Å². The van der Waals surface area contributed by atoms with Crippen LogP contribution in [0, 0.1) is 6.92 Å². The van der Waals surface area contributed by atoms with Crippen LogP contribution >= 0.6 is 12.4 Å². The third-order valence-corrected chi connectivity index (χ3v) is 5.67. The summed E-state index contributed by atoms with van der Waals surface area (Å²) in [6, 6.07) is 4.44. The summed E-state index contributed by atoms with van der Waals surface area (Å²) in [5, 5.41) is 3.16. The molecule has 0 aliphatic carbocycles. The van der Waals surface area contributed by atoms with E-state index in [1.165, 1.54) is 23.5 Å². The summed E-state index contributed by atoms with van der Waals surface area (Å²) in [5.74, 6) is -0.530. The molecule has 1 aliphatic heterocycles. The second-order valence-electron chi connectivity index (χ2n) is 5.14. The Kier molecular flexibility index (Phi) is 6.37. The number of carbonyl (C=O) groups excluding carboxylic acids is 1. The molecule has 1 aromatic rings. The monoisotopic (exact) mass is 348 g/mol. The van der Waals surface area contributed by atoms with Gasteiger partial charge in [-0.05, 0) is 31.5 Å². The predicted octanol–water partition coefficient (Wildman–Crippen LogP) is 1.19. The Hall–Kier alpha value is -1.15. The molecule has 8 heteroatoms. The lowest BCUT2D eigenvalue weighted by atomic mass is 10.1. The highest BCUT2D eigenvalue weighted by atomic mass is 35.5. The zero-order chi connectivity index (χ0) is 15.6. The number of carbonyl (C=O) groups is 1. The summed E-state index contributed by atoms with van der Waals surface area (Å²) in [7, 11) is -2.33. The third-order valence-electron chi connectivity index (χ3n) is 3.66. The van der Waals surface area contributed by atoms with Crippen molar-refractivity contribution in [3.8, 4) is 0 Å². The number of esters is 1. The number of hydrogen-bond donors (Lipinski definition) is 1. The van der Waals surface area contributed by atoms with Gasteiger partial charge < -0.3 is 10.1 Å². The van der Waals surface area contributed by atoms with Gasteiger partial charge in [0.15, 0.2) is 0 Å². The highest BCUT2D eigenvalue weighted by Crippen LogP contribution is 2.22. The normalized spacial score (nSPS) is 19.3. The second-order valence-corrected chi connectivity index (χ2v) is 7.03. The third kappa shape index (κ3) is 3.60. The number of hydrogen-bond acceptors (Lipinski definition) is 5. The molecule has 1 N–H and O–H groups in total. The molecule has 0 amide bonds. The van der Waals surface area contributed by atoms with Crippen LogP contribution in [0.4, 0.5) is 0 Å². The Bertz CT molecular complexity index is 648. The van der Waals surface area contributed by atoms with E-state index in [1.54, 1.807) is 13.0 Å². The molecule has 1 unspecified atom stereocenters. The molecule has 1 heterocycles. The number of benzene rings is 1. The van der Waals surface area contributed by atoms with Crippen LogP contribution in [0.3, 0.4) is 0 Å². The van der Waals surface area contributed by atoms with E-state index in [0.717, 1.165) is 0 Å². The highest BCUT2D eigenvalue weighted by Gasteiger charge is 2.31. The Balaban J connectivity index is 0.00000242. The summed E-state index contributed by atoms with van der Waals surface area (Å²) < 4.78 is 31.6. The molecule has 1 saturated heterocycles. The molecule has 6 nitrogen and oxygen atoms in total. The lowest BCUT2D eigenvalue weighted by Gasteiger charge is -2.32. The summed E-state index contributed by atoms with van der Waals surface area (Å²) >= 11 is 0. The summed E-state index contributed by atoms with van der Waals surface area (Å²) in [4.78, 5) is 11.8. The Morgan fingerprint density at radius 3 is 2.68 bits per heavy atom. The molecule has 1 atom stereocenters. The van der Waals surface area contributed by atoms with Crippen LogP contribution in [0.25, 0.3) is 0 Å². The highest BCUT2D eigenvalue weighted by molar-refractivity contribution is 7.89. The van der Waals surface area contributed by atoms with Crippen LogP contribution in [-0.4, -0.2) is 51.5 Å². The molecule has 2 rings (SSSR count). The van der Waals surface area contributed by atoms with E-state index in [0.29, 0.717) is 25.2 Å². The maximum atomic E-state index is 12.7. The maximum absolute atomic E-state index is 12.7. The largest absolute Gasteiger partial charge is 0.465 e. The Morgan fingerprint density at radius 1 is 1.41 bits per heavy atom. The minimum absolute atomic E-state index is 0. The summed E-state index contributed by atoms with van der Waals surface area (Å²) in [6.45, 7) is 5.27. The van der Waals surface area contributed by atoms with Crippen molar-refractivity contribution in [1.29, 1.82) is 0 Å². The quantitative estimate of drug-likeness (QED) is 0.830. The first-order valence-corrected chi connectivity index (χ1v) is 8.23. The van der Waals surface area contributed by atoms with E-state index in [4.69, 9.17) is 4.74 Å². The number of piperazine rings is 1. The van der Waals surface area contributed by atoms with Crippen LogP contribution in [0.2, 0.25) is 0 Å². The molecule has 0 bridgehead atoms. The first-order valence-electron chi connectivity index (χ1n) is 6.79. The van der Waals surface area contributed by atoms with Gasteiger partial charge in [-0.3, -0.25) is 0 Å². The summed E-state index contributed by atoms with van der Waals surface area (Å²) in [5.41, 5.74) is 0.968. The first kappa shape index (κ1) is 18.9. The van der Waals surface area contributed by atoms with E-state index in [9.17, 15) is 13.2 Å². The van der Waals surface area contributed by atoms with Crippen molar-refractivity contribution < 1.29 is 17.9 Å². The molecular formula is C14H21ClN2O4S. The molecule has 1 fully saturated rings. The molecule has 124 valence electrons. The average Bonchev–Trinajstić information content (AvgIpc) is 2.47. The summed E-state index contributed by atoms with van der Waals surface area (Å²) in [6.07, 6.45) is 0. The zero-order valence-electron chi connectivity index (χ0n) is 12.8. The van der Waals surface area contributed by atoms with Crippen molar-refractivity contribution in [3.63, 3.8) is 0 Å². The van der Waals surface area contributed by atoms with Crippen LogP contribution in [0.5, 0.6) is 0 Å².